The van der Waals surface area contributed by atoms with E-state index in [4.69, 9.17) is 9.47 Å². The van der Waals surface area contributed by atoms with Crippen LogP contribution in [0, 0.1) is 0 Å². The molecular weight excluding hydrogens is 316 g/mol. The summed E-state index contributed by atoms with van der Waals surface area (Å²) in [5, 5.41) is 0. The largest absolute Gasteiger partial charge is 0.497 e. The molecule has 1 aliphatic rings. The molecule has 2 rings (SSSR count). The van der Waals surface area contributed by atoms with Gasteiger partial charge in [-0.1, -0.05) is 6.92 Å². The molecule has 0 spiro atoms. The Kier molecular flexibility index (Phi) is 5.89. The average Bonchev–Trinajstić information content (AvgIpc) is 2.60. The maximum absolute atomic E-state index is 12.9. The van der Waals surface area contributed by atoms with E-state index in [1.807, 2.05) is 0 Å². The molecule has 1 saturated heterocycles. The first-order valence-electron chi connectivity index (χ1n) is 7.90. The lowest BCUT2D eigenvalue weighted by Crippen LogP contribution is -2.51. The highest BCUT2D eigenvalue weighted by Crippen LogP contribution is 2.31. The third-order valence-electron chi connectivity index (χ3n) is 4.48. The van der Waals surface area contributed by atoms with Gasteiger partial charge >= 0.3 is 0 Å². The van der Waals surface area contributed by atoms with Gasteiger partial charge in [-0.25, -0.2) is 8.42 Å². The van der Waals surface area contributed by atoms with Crippen LogP contribution >= 0.6 is 0 Å². The molecule has 0 N–H and O–H groups in total. The summed E-state index contributed by atoms with van der Waals surface area (Å²) in [6.45, 7) is 6.84. The molecule has 0 amide bonds. The molecule has 1 aromatic rings. The fourth-order valence-corrected chi connectivity index (χ4v) is 4.33. The van der Waals surface area contributed by atoms with E-state index in [0.717, 1.165) is 19.5 Å². The molecule has 7 heteroatoms. The van der Waals surface area contributed by atoms with E-state index in [2.05, 4.69) is 18.7 Å². The van der Waals surface area contributed by atoms with Gasteiger partial charge in [-0.15, -0.1) is 0 Å². The van der Waals surface area contributed by atoms with Gasteiger partial charge in [0, 0.05) is 38.3 Å². The zero-order chi connectivity index (χ0) is 17.0. The second-order valence-corrected chi connectivity index (χ2v) is 7.62. The molecule has 0 saturated carbocycles. The van der Waals surface area contributed by atoms with Crippen molar-refractivity contribution >= 4 is 10.0 Å². The maximum atomic E-state index is 12.9. The van der Waals surface area contributed by atoms with Crippen molar-refractivity contribution in [2.75, 3.05) is 40.4 Å². The maximum Gasteiger partial charge on any atom is 0.246 e. The summed E-state index contributed by atoms with van der Waals surface area (Å²) in [4.78, 5) is 2.52. The number of benzene rings is 1. The van der Waals surface area contributed by atoms with Crippen LogP contribution in [-0.2, 0) is 10.0 Å². The Morgan fingerprint density at radius 2 is 1.78 bits per heavy atom. The Bertz CT molecular complexity index is 625. The van der Waals surface area contributed by atoms with Crippen LogP contribution in [0.1, 0.15) is 20.3 Å². The van der Waals surface area contributed by atoms with Gasteiger partial charge in [-0.05, 0) is 25.5 Å². The number of sulfonamides is 1. The molecule has 0 aromatic heterocycles. The van der Waals surface area contributed by atoms with Gasteiger partial charge < -0.3 is 9.47 Å². The molecule has 1 unspecified atom stereocenters. The highest BCUT2D eigenvalue weighted by atomic mass is 32.2. The first-order chi connectivity index (χ1) is 10.9. The van der Waals surface area contributed by atoms with Gasteiger partial charge in [0.2, 0.25) is 10.0 Å². The molecule has 1 atom stereocenters. The van der Waals surface area contributed by atoms with Crippen LogP contribution in [-0.4, -0.2) is 64.1 Å². The van der Waals surface area contributed by atoms with E-state index < -0.39 is 10.0 Å². The molecule has 0 aliphatic carbocycles. The van der Waals surface area contributed by atoms with E-state index >= 15 is 0 Å². The minimum atomic E-state index is -3.56. The zero-order valence-electron chi connectivity index (χ0n) is 14.3. The van der Waals surface area contributed by atoms with E-state index in [-0.39, 0.29) is 4.90 Å². The third-order valence-corrected chi connectivity index (χ3v) is 6.41. The van der Waals surface area contributed by atoms with Crippen molar-refractivity contribution in [3.8, 4) is 11.5 Å². The summed E-state index contributed by atoms with van der Waals surface area (Å²) in [5.74, 6) is 0.885. The number of hydrogen-bond donors (Lipinski definition) is 0. The van der Waals surface area contributed by atoms with E-state index in [9.17, 15) is 8.42 Å². The first-order valence-corrected chi connectivity index (χ1v) is 9.34. The SMILES string of the molecule is CCC(C)N1CCN(S(=O)(=O)c2ccc(OC)cc2OC)CC1. The van der Waals surface area contributed by atoms with Crippen molar-refractivity contribution in [2.45, 2.75) is 31.2 Å². The van der Waals surface area contributed by atoms with E-state index in [1.54, 1.807) is 18.2 Å². The van der Waals surface area contributed by atoms with Gasteiger partial charge in [-0.2, -0.15) is 4.31 Å². The molecule has 1 aliphatic heterocycles. The monoisotopic (exact) mass is 342 g/mol. The van der Waals surface area contributed by atoms with Crippen molar-refractivity contribution < 1.29 is 17.9 Å². The van der Waals surface area contributed by atoms with Gasteiger partial charge in [0.25, 0.3) is 0 Å². The minimum absolute atomic E-state index is 0.192. The van der Waals surface area contributed by atoms with Crippen molar-refractivity contribution in [2.24, 2.45) is 0 Å². The van der Waals surface area contributed by atoms with Crippen molar-refractivity contribution in [1.82, 2.24) is 9.21 Å². The molecule has 1 fully saturated rings. The van der Waals surface area contributed by atoms with Crippen LogP contribution < -0.4 is 9.47 Å². The van der Waals surface area contributed by atoms with Gasteiger partial charge in [-0.3, -0.25) is 4.90 Å². The van der Waals surface area contributed by atoms with Crippen molar-refractivity contribution in [3.63, 3.8) is 0 Å². The second-order valence-electron chi connectivity index (χ2n) is 5.71. The van der Waals surface area contributed by atoms with Crippen molar-refractivity contribution in [3.05, 3.63) is 18.2 Å². The summed E-state index contributed by atoms with van der Waals surface area (Å²) < 4.78 is 37.7. The third kappa shape index (κ3) is 3.79. The molecule has 0 bridgehead atoms. The van der Waals surface area contributed by atoms with Crippen LogP contribution in [0.25, 0.3) is 0 Å². The predicted molar refractivity (Wildman–Crippen MR) is 89.6 cm³/mol. The lowest BCUT2D eigenvalue weighted by molar-refractivity contribution is 0.142. The predicted octanol–water partition coefficient (Wildman–Crippen LogP) is 1.81. The molecule has 1 heterocycles. The lowest BCUT2D eigenvalue weighted by atomic mass is 10.2. The minimum Gasteiger partial charge on any atom is -0.497 e. The standard InChI is InChI=1S/C16H26N2O4S/c1-5-13(2)17-8-10-18(11-9-17)23(19,20)16-7-6-14(21-3)12-15(16)22-4/h6-7,12-13H,5,8-11H2,1-4H3. The van der Waals surface area contributed by atoms with Crippen molar-refractivity contribution in [1.29, 1.82) is 0 Å². The summed E-state index contributed by atoms with van der Waals surface area (Å²) in [5.41, 5.74) is 0. The molecule has 130 valence electrons. The van der Waals surface area contributed by atoms with E-state index in [0.29, 0.717) is 30.6 Å². The summed E-state index contributed by atoms with van der Waals surface area (Å²) in [7, 11) is -0.554. The second kappa shape index (κ2) is 7.51. The van der Waals surface area contributed by atoms with Crippen LogP contribution in [0.3, 0.4) is 0 Å². The fraction of sp³-hybridized carbons (Fsp3) is 0.625. The number of hydrogen-bond acceptors (Lipinski definition) is 5. The summed E-state index contributed by atoms with van der Waals surface area (Å²) in [6.07, 6.45) is 1.07. The molecule has 6 nitrogen and oxygen atoms in total. The summed E-state index contributed by atoms with van der Waals surface area (Å²) in [6, 6.07) is 5.27. The number of methoxy groups -OCH3 is 2. The lowest BCUT2D eigenvalue weighted by Gasteiger charge is -2.37. The Morgan fingerprint density at radius 3 is 2.30 bits per heavy atom. The highest BCUT2D eigenvalue weighted by molar-refractivity contribution is 7.89. The van der Waals surface area contributed by atoms with Crippen LogP contribution in [0.5, 0.6) is 11.5 Å². The number of nitrogens with zero attached hydrogens (tertiary/aromatic N) is 2. The zero-order valence-corrected chi connectivity index (χ0v) is 15.1. The van der Waals surface area contributed by atoms with Gasteiger partial charge in [0.15, 0.2) is 0 Å². The molecule has 1 aromatic carbocycles. The number of ether oxygens (including phenoxy) is 2. The van der Waals surface area contributed by atoms with E-state index in [1.165, 1.54) is 18.5 Å². The normalized spacial score (nSPS) is 18.6. The van der Waals surface area contributed by atoms with Gasteiger partial charge in [0.05, 0.1) is 14.2 Å². The fourth-order valence-electron chi connectivity index (χ4n) is 2.77. The van der Waals surface area contributed by atoms with Gasteiger partial charge in [0.1, 0.15) is 16.4 Å². The number of rotatable bonds is 6. The highest BCUT2D eigenvalue weighted by Gasteiger charge is 2.31. The first kappa shape index (κ1) is 18.0. The summed E-state index contributed by atoms with van der Waals surface area (Å²) >= 11 is 0. The Morgan fingerprint density at radius 1 is 1.13 bits per heavy atom. The Hall–Kier alpha value is -1.31. The topological polar surface area (TPSA) is 59.1 Å². The quantitative estimate of drug-likeness (QED) is 0.789. The molecular formula is C16H26N2O4S. The van der Waals surface area contributed by atoms with Crippen LogP contribution in [0.15, 0.2) is 23.1 Å². The van der Waals surface area contributed by atoms with Crippen LogP contribution in [0.2, 0.25) is 0 Å². The molecule has 23 heavy (non-hydrogen) atoms. The number of piperazine rings is 1. The smallest absolute Gasteiger partial charge is 0.246 e. The average molecular weight is 342 g/mol. The van der Waals surface area contributed by atoms with Crippen LogP contribution in [0.4, 0.5) is 0 Å². The molecule has 0 radical (unpaired) electrons. The Labute approximate surface area is 139 Å². The Balaban J connectivity index is 2.20.